The Balaban J connectivity index is 1.50. The van der Waals surface area contributed by atoms with E-state index < -0.39 is 6.04 Å². The maximum absolute atomic E-state index is 13.5. The first-order valence-corrected chi connectivity index (χ1v) is 13.5. The van der Waals surface area contributed by atoms with Crippen molar-refractivity contribution in [1.82, 2.24) is 10.2 Å². The van der Waals surface area contributed by atoms with Crippen molar-refractivity contribution in [3.63, 3.8) is 0 Å². The highest BCUT2D eigenvalue weighted by molar-refractivity contribution is 6.35. The van der Waals surface area contributed by atoms with Gasteiger partial charge in [0.05, 0.1) is 5.69 Å². The van der Waals surface area contributed by atoms with E-state index in [9.17, 15) is 14.4 Å². The number of hydrogen-bond acceptors (Lipinski definition) is 3. The second-order valence-electron chi connectivity index (χ2n) is 9.21. The lowest BCUT2D eigenvalue weighted by Crippen LogP contribution is -2.49. The summed E-state index contributed by atoms with van der Waals surface area (Å²) < 4.78 is 0. The van der Waals surface area contributed by atoms with E-state index in [2.05, 4.69) is 5.32 Å². The molecule has 0 bridgehead atoms. The molecule has 8 heteroatoms. The minimum atomic E-state index is -0.628. The lowest BCUT2D eigenvalue weighted by atomic mass is 10.1. The first-order valence-electron chi connectivity index (χ1n) is 12.7. The molecule has 6 nitrogen and oxygen atoms in total. The predicted octanol–water partition coefficient (Wildman–Crippen LogP) is 6.22. The van der Waals surface area contributed by atoms with Gasteiger partial charge in [-0.05, 0) is 54.5 Å². The minimum absolute atomic E-state index is 0.0468. The Hall–Kier alpha value is -3.09. The van der Waals surface area contributed by atoms with Crippen LogP contribution in [0.15, 0.2) is 54.6 Å². The topological polar surface area (TPSA) is 69.7 Å². The van der Waals surface area contributed by atoms with Crippen LogP contribution >= 0.6 is 23.2 Å². The van der Waals surface area contributed by atoms with Gasteiger partial charge in [-0.1, -0.05) is 67.4 Å². The SMILES string of the molecule is CCCNC(=O)[C@@H](CC)N(Cc1ccc(Cl)cc1Cl)C(=O)CCCN1C(=O)c2cccc3cccc1c23. The fraction of sp³-hybridized carbons (Fsp3) is 0.345. The molecule has 0 spiro atoms. The highest BCUT2D eigenvalue weighted by atomic mass is 35.5. The second-order valence-corrected chi connectivity index (χ2v) is 10.1. The number of halogens is 2. The molecule has 0 aromatic heterocycles. The Labute approximate surface area is 227 Å². The summed E-state index contributed by atoms with van der Waals surface area (Å²) in [6, 6.07) is 16.1. The Morgan fingerprint density at radius 1 is 1.05 bits per heavy atom. The van der Waals surface area contributed by atoms with E-state index in [-0.39, 0.29) is 30.7 Å². The van der Waals surface area contributed by atoms with Crippen LogP contribution in [0.2, 0.25) is 10.0 Å². The molecule has 1 aliphatic heterocycles. The first-order chi connectivity index (χ1) is 17.8. The van der Waals surface area contributed by atoms with Crippen molar-refractivity contribution >= 4 is 57.4 Å². The number of carbonyl (C=O) groups excluding carboxylic acids is 3. The van der Waals surface area contributed by atoms with Gasteiger partial charge < -0.3 is 15.1 Å². The molecule has 1 atom stereocenters. The van der Waals surface area contributed by atoms with Gasteiger partial charge in [-0.15, -0.1) is 0 Å². The maximum atomic E-state index is 13.5. The molecule has 1 N–H and O–H groups in total. The predicted molar refractivity (Wildman–Crippen MR) is 149 cm³/mol. The monoisotopic (exact) mass is 539 g/mol. The van der Waals surface area contributed by atoms with Crippen LogP contribution in [0.4, 0.5) is 5.69 Å². The number of benzene rings is 3. The van der Waals surface area contributed by atoms with E-state index >= 15 is 0 Å². The normalized spacial score (nSPS) is 13.2. The molecule has 3 aromatic carbocycles. The van der Waals surface area contributed by atoms with Crippen LogP contribution < -0.4 is 10.2 Å². The fourth-order valence-corrected chi connectivity index (χ4v) is 5.32. The van der Waals surface area contributed by atoms with Gasteiger partial charge in [0, 0.05) is 47.1 Å². The summed E-state index contributed by atoms with van der Waals surface area (Å²) in [4.78, 5) is 42.9. The Kier molecular flexibility index (Phi) is 8.72. The molecule has 0 fully saturated rings. The lowest BCUT2D eigenvalue weighted by molar-refractivity contribution is -0.141. The smallest absolute Gasteiger partial charge is 0.258 e. The van der Waals surface area contributed by atoms with Crippen LogP contribution in [0.3, 0.4) is 0 Å². The van der Waals surface area contributed by atoms with Gasteiger partial charge in [-0.2, -0.15) is 0 Å². The summed E-state index contributed by atoms with van der Waals surface area (Å²) in [6.07, 6.45) is 1.93. The van der Waals surface area contributed by atoms with Crippen LogP contribution in [0.25, 0.3) is 10.8 Å². The van der Waals surface area contributed by atoms with E-state index in [0.717, 1.165) is 28.4 Å². The van der Waals surface area contributed by atoms with Crippen LogP contribution in [-0.4, -0.2) is 41.8 Å². The Bertz CT molecular complexity index is 1320. The van der Waals surface area contributed by atoms with E-state index in [1.54, 1.807) is 28.0 Å². The summed E-state index contributed by atoms with van der Waals surface area (Å²) in [6.45, 7) is 5.02. The zero-order valence-corrected chi connectivity index (χ0v) is 22.6. The van der Waals surface area contributed by atoms with Crippen molar-refractivity contribution < 1.29 is 14.4 Å². The minimum Gasteiger partial charge on any atom is -0.354 e. The third-order valence-corrected chi connectivity index (χ3v) is 7.30. The Morgan fingerprint density at radius 3 is 2.51 bits per heavy atom. The number of nitrogens with one attached hydrogen (secondary N) is 1. The molecule has 0 radical (unpaired) electrons. The van der Waals surface area contributed by atoms with Crippen LogP contribution in [0.1, 0.15) is 55.5 Å². The molecule has 3 aromatic rings. The quantitative estimate of drug-likeness (QED) is 0.314. The molecule has 1 aliphatic rings. The summed E-state index contributed by atoms with van der Waals surface area (Å²) in [5.74, 6) is -0.388. The third-order valence-electron chi connectivity index (χ3n) is 6.71. The zero-order valence-electron chi connectivity index (χ0n) is 21.1. The van der Waals surface area contributed by atoms with Crippen molar-refractivity contribution in [1.29, 1.82) is 0 Å². The Morgan fingerprint density at radius 2 is 1.81 bits per heavy atom. The average molecular weight is 540 g/mol. The number of amides is 3. The third kappa shape index (κ3) is 5.76. The van der Waals surface area contributed by atoms with Crippen molar-refractivity contribution in [2.45, 2.75) is 52.1 Å². The van der Waals surface area contributed by atoms with E-state index in [0.29, 0.717) is 41.5 Å². The standard InChI is InChI=1S/C29H31Cl2N3O3/c1-3-15-32-28(36)24(4-2)34(18-20-13-14-21(30)17-23(20)31)26(35)12-7-16-33-25-11-6-9-19-8-5-10-22(27(19)25)29(33)37/h5-6,8-11,13-14,17,24H,3-4,7,12,15-16,18H2,1-2H3,(H,32,36)/t24-/m1/s1. The van der Waals surface area contributed by atoms with E-state index in [4.69, 9.17) is 23.2 Å². The van der Waals surface area contributed by atoms with Gasteiger partial charge in [0.2, 0.25) is 11.8 Å². The first kappa shape index (κ1) is 27.0. The molecule has 4 rings (SSSR count). The highest BCUT2D eigenvalue weighted by Gasteiger charge is 2.31. The van der Waals surface area contributed by atoms with Crippen LogP contribution in [0, 0.1) is 0 Å². The summed E-state index contributed by atoms with van der Waals surface area (Å²) in [5, 5.41) is 5.85. The van der Waals surface area contributed by atoms with E-state index in [1.165, 1.54) is 0 Å². The van der Waals surface area contributed by atoms with Gasteiger partial charge in [0.1, 0.15) is 6.04 Å². The van der Waals surface area contributed by atoms with Crippen molar-refractivity contribution in [3.8, 4) is 0 Å². The molecule has 0 aliphatic carbocycles. The summed E-state index contributed by atoms with van der Waals surface area (Å²) in [7, 11) is 0. The molecule has 0 unspecified atom stereocenters. The molecule has 3 amide bonds. The molecule has 1 heterocycles. The highest BCUT2D eigenvalue weighted by Crippen LogP contribution is 2.37. The molecule has 37 heavy (non-hydrogen) atoms. The molecule has 194 valence electrons. The molecular formula is C29H31Cl2N3O3. The summed E-state index contributed by atoms with van der Waals surface area (Å²) >= 11 is 12.5. The van der Waals surface area contributed by atoms with Gasteiger partial charge >= 0.3 is 0 Å². The van der Waals surface area contributed by atoms with Gasteiger partial charge in [-0.25, -0.2) is 0 Å². The van der Waals surface area contributed by atoms with E-state index in [1.807, 2.05) is 50.2 Å². The number of rotatable bonds is 11. The summed E-state index contributed by atoms with van der Waals surface area (Å²) in [5.41, 5.74) is 2.29. The number of carbonyl (C=O) groups is 3. The molecular weight excluding hydrogens is 509 g/mol. The molecule has 0 saturated heterocycles. The second kappa shape index (κ2) is 12.0. The van der Waals surface area contributed by atoms with Crippen molar-refractivity contribution in [3.05, 3.63) is 75.8 Å². The van der Waals surface area contributed by atoms with Crippen LogP contribution in [-0.2, 0) is 16.1 Å². The largest absolute Gasteiger partial charge is 0.354 e. The molecule has 0 saturated carbocycles. The fourth-order valence-electron chi connectivity index (χ4n) is 4.85. The van der Waals surface area contributed by atoms with Gasteiger partial charge in [0.15, 0.2) is 0 Å². The maximum Gasteiger partial charge on any atom is 0.258 e. The number of nitrogens with zero attached hydrogens (tertiary/aromatic N) is 2. The van der Waals surface area contributed by atoms with Crippen LogP contribution in [0.5, 0.6) is 0 Å². The average Bonchev–Trinajstić information content (AvgIpc) is 3.16. The number of anilines is 1. The van der Waals surface area contributed by atoms with Crippen molar-refractivity contribution in [2.24, 2.45) is 0 Å². The zero-order chi connectivity index (χ0) is 26.5. The van der Waals surface area contributed by atoms with Gasteiger partial charge in [0.25, 0.3) is 5.91 Å². The lowest BCUT2D eigenvalue weighted by Gasteiger charge is -2.31. The van der Waals surface area contributed by atoms with Gasteiger partial charge in [-0.3, -0.25) is 14.4 Å². The van der Waals surface area contributed by atoms with Crippen molar-refractivity contribution in [2.75, 3.05) is 18.0 Å². The number of hydrogen-bond donors (Lipinski definition) is 1.